The summed E-state index contributed by atoms with van der Waals surface area (Å²) < 4.78 is 37.4. The normalized spacial score (nSPS) is 16.6. The monoisotopic (exact) mass is 399 g/mol. The van der Waals surface area contributed by atoms with E-state index in [1.165, 1.54) is 30.3 Å². The molecule has 1 fully saturated rings. The van der Waals surface area contributed by atoms with Crippen molar-refractivity contribution in [3.8, 4) is 17.1 Å². The molecule has 3 aromatic rings. The number of benzene rings is 2. The summed E-state index contributed by atoms with van der Waals surface area (Å²) in [5.74, 6) is -0.0330. The molecule has 150 valence electrons. The van der Waals surface area contributed by atoms with E-state index in [1.54, 1.807) is 23.1 Å². The van der Waals surface area contributed by atoms with Crippen molar-refractivity contribution in [2.45, 2.75) is 18.8 Å². The molecule has 0 radical (unpaired) electrons. The van der Waals surface area contributed by atoms with Crippen LogP contribution in [0.5, 0.6) is 5.75 Å². The number of hydrogen-bond donors (Lipinski definition) is 0. The molecule has 6 nitrogen and oxygen atoms in total. The van der Waals surface area contributed by atoms with E-state index >= 15 is 0 Å². The van der Waals surface area contributed by atoms with E-state index in [2.05, 4.69) is 10.1 Å². The molecule has 8 heteroatoms. The summed E-state index contributed by atoms with van der Waals surface area (Å²) in [5.41, 5.74) is 0.534. The fraction of sp³-hybridized carbons (Fsp3) is 0.286. The van der Waals surface area contributed by atoms with Gasteiger partial charge in [-0.05, 0) is 37.1 Å². The summed E-state index contributed by atoms with van der Waals surface area (Å²) in [6, 6.07) is 11.7. The highest BCUT2D eigenvalue weighted by atomic mass is 19.1. The molecule has 4 rings (SSSR count). The molecule has 2 aromatic carbocycles. The van der Waals surface area contributed by atoms with Crippen LogP contribution in [0.2, 0.25) is 0 Å². The summed E-state index contributed by atoms with van der Waals surface area (Å²) in [5, 5.41) is 3.94. The molecule has 1 aliphatic heterocycles. The minimum Gasteiger partial charge on any atom is -0.484 e. The van der Waals surface area contributed by atoms with Crippen LogP contribution in [-0.2, 0) is 4.79 Å². The van der Waals surface area contributed by atoms with Crippen LogP contribution in [0.1, 0.15) is 24.7 Å². The van der Waals surface area contributed by atoms with Gasteiger partial charge in [-0.2, -0.15) is 4.98 Å². The first-order valence-electron chi connectivity index (χ1n) is 9.34. The van der Waals surface area contributed by atoms with Crippen LogP contribution in [0.15, 0.2) is 53.1 Å². The van der Waals surface area contributed by atoms with Crippen molar-refractivity contribution in [3.05, 3.63) is 66.1 Å². The highest BCUT2D eigenvalue weighted by molar-refractivity contribution is 5.78. The molecule has 29 heavy (non-hydrogen) atoms. The molecule has 1 amide bonds. The third-order valence-corrected chi connectivity index (χ3v) is 4.81. The van der Waals surface area contributed by atoms with E-state index < -0.39 is 5.82 Å². The second-order valence-corrected chi connectivity index (χ2v) is 6.89. The van der Waals surface area contributed by atoms with Crippen molar-refractivity contribution in [1.29, 1.82) is 0 Å². The van der Waals surface area contributed by atoms with Gasteiger partial charge in [0.25, 0.3) is 5.91 Å². The van der Waals surface area contributed by atoms with Crippen molar-refractivity contribution in [2.24, 2.45) is 0 Å². The number of carbonyl (C=O) groups is 1. The van der Waals surface area contributed by atoms with Gasteiger partial charge < -0.3 is 14.2 Å². The van der Waals surface area contributed by atoms with E-state index in [0.29, 0.717) is 36.1 Å². The van der Waals surface area contributed by atoms with Gasteiger partial charge in [-0.3, -0.25) is 4.79 Å². The number of ether oxygens (including phenoxy) is 1. The lowest BCUT2D eigenvalue weighted by molar-refractivity contribution is -0.134. The number of nitrogens with zero attached hydrogens (tertiary/aromatic N) is 3. The molecule has 0 aliphatic carbocycles. The quantitative estimate of drug-likeness (QED) is 0.653. The maximum Gasteiger partial charge on any atom is 0.260 e. The van der Waals surface area contributed by atoms with Crippen molar-refractivity contribution < 1.29 is 22.8 Å². The predicted molar refractivity (Wildman–Crippen MR) is 100 cm³/mol. The molecule has 1 unspecified atom stereocenters. The summed E-state index contributed by atoms with van der Waals surface area (Å²) >= 11 is 0. The van der Waals surface area contributed by atoms with Crippen molar-refractivity contribution in [1.82, 2.24) is 15.0 Å². The van der Waals surface area contributed by atoms with E-state index in [-0.39, 0.29) is 24.2 Å². The number of carbonyl (C=O) groups excluding carboxylic acids is 1. The zero-order chi connectivity index (χ0) is 20.2. The largest absolute Gasteiger partial charge is 0.484 e. The summed E-state index contributed by atoms with van der Waals surface area (Å²) in [6.45, 7) is 0.859. The van der Waals surface area contributed by atoms with Crippen LogP contribution in [0.25, 0.3) is 11.4 Å². The van der Waals surface area contributed by atoms with E-state index in [0.717, 1.165) is 12.8 Å². The van der Waals surface area contributed by atoms with Crippen molar-refractivity contribution in [2.75, 3.05) is 19.7 Å². The number of aromatic nitrogens is 2. The minimum absolute atomic E-state index is 0.100. The van der Waals surface area contributed by atoms with Gasteiger partial charge in [0.15, 0.2) is 6.61 Å². The van der Waals surface area contributed by atoms with Gasteiger partial charge in [-0.25, -0.2) is 8.78 Å². The number of halogens is 2. The Bertz CT molecular complexity index is 1010. The van der Waals surface area contributed by atoms with Gasteiger partial charge in [-0.1, -0.05) is 23.4 Å². The van der Waals surface area contributed by atoms with Gasteiger partial charge in [0, 0.05) is 24.7 Å². The van der Waals surface area contributed by atoms with Gasteiger partial charge in [0.1, 0.15) is 17.4 Å². The Labute approximate surface area is 166 Å². The lowest BCUT2D eigenvalue weighted by Gasteiger charge is -2.30. The molecular formula is C21H19F2N3O3. The van der Waals surface area contributed by atoms with E-state index in [9.17, 15) is 13.6 Å². The second-order valence-electron chi connectivity index (χ2n) is 6.89. The fourth-order valence-corrected chi connectivity index (χ4v) is 3.34. The predicted octanol–water partition coefficient (Wildman–Crippen LogP) is 3.80. The Morgan fingerprint density at radius 1 is 1.17 bits per heavy atom. The average molecular weight is 399 g/mol. The van der Waals surface area contributed by atoms with Crippen LogP contribution in [0.3, 0.4) is 0 Å². The Hall–Kier alpha value is -3.29. The molecule has 1 aliphatic rings. The first kappa shape index (κ1) is 19.0. The summed E-state index contributed by atoms with van der Waals surface area (Å²) in [7, 11) is 0. The second kappa shape index (κ2) is 8.38. The van der Waals surface area contributed by atoms with Crippen LogP contribution in [-0.4, -0.2) is 40.6 Å². The molecular weight excluding hydrogens is 380 g/mol. The van der Waals surface area contributed by atoms with Crippen LogP contribution >= 0.6 is 0 Å². The zero-order valence-electron chi connectivity index (χ0n) is 15.6. The lowest BCUT2D eigenvalue weighted by atomic mass is 9.98. The average Bonchev–Trinajstić information content (AvgIpc) is 3.23. The van der Waals surface area contributed by atoms with Gasteiger partial charge in [0.05, 0.1) is 5.92 Å². The standard InChI is InChI=1S/C21H19F2N3O3/c22-16-6-1-4-14(10-16)20-24-21(29-25-20)15-5-3-9-26(12-15)19(27)13-28-18-8-2-7-17(23)11-18/h1-2,4,6-8,10-11,15H,3,5,9,12-13H2. The van der Waals surface area contributed by atoms with Gasteiger partial charge in [-0.15, -0.1) is 0 Å². The first-order chi connectivity index (χ1) is 14.1. The Kier molecular flexibility index (Phi) is 5.50. The van der Waals surface area contributed by atoms with E-state index in [1.807, 2.05) is 0 Å². The number of likely N-dealkylation sites (tertiary alicyclic amines) is 1. The van der Waals surface area contributed by atoms with Crippen molar-refractivity contribution >= 4 is 5.91 Å². The Morgan fingerprint density at radius 2 is 1.97 bits per heavy atom. The molecule has 2 heterocycles. The van der Waals surface area contributed by atoms with Crippen LogP contribution < -0.4 is 4.74 Å². The van der Waals surface area contributed by atoms with Crippen molar-refractivity contribution in [3.63, 3.8) is 0 Å². The molecule has 0 N–H and O–H groups in total. The van der Waals surface area contributed by atoms with Crippen LogP contribution in [0.4, 0.5) is 8.78 Å². The third kappa shape index (κ3) is 4.59. The Morgan fingerprint density at radius 3 is 2.76 bits per heavy atom. The zero-order valence-corrected chi connectivity index (χ0v) is 15.6. The molecule has 1 atom stereocenters. The summed E-state index contributed by atoms with van der Waals surface area (Å²) in [4.78, 5) is 18.6. The maximum absolute atomic E-state index is 13.4. The van der Waals surface area contributed by atoms with E-state index in [4.69, 9.17) is 9.26 Å². The smallest absolute Gasteiger partial charge is 0.260 e. The molecule has 0 bridgehead atoms. The number of amides is 1. The topological polar surface area (TPSA) is 68.5 Å². The minimum atomic E-state index is -0.418. The molecule has 1 saturated heterocycles. The molecule has 0 spiro atoms. The number of piperidine rings is 1. The molecule has 0 saturated carbocycles. The SMILES string of the molecule is O=C(COc1cccc(F)c1)N1CCCC(c2nc(-c3cccc(F)c3)no2)C1. The lowest BCUT2D eigenvalue weighted by Crippen LogP contribution is -2.41. The number of hydrogen-bond acceptors (Lipinski definition) is 5. The highest BCUT2D eigenvalue weighted by Gasteiger charge is 2.29. The first-order valence-corrected chi connectivity index (χ1v) is 9.34. The maximum atomic E-state index is 13.4. The third-order valence-electron chi connectivity index (χ3n) is 4.81. The van der Waals surface area contributed by atoms with Gasteiger partial charge in [0.2, 0.25) is 11.7 Å². The molecule has 1 aromatic heterocycles. The van der Waals surface area contributed by atoms with Crippen LogP contribution in [0, 0.1) is 11.6 Å². The van der Waals surface area contributed by atoms with Gasteiger partial charge >= 0.3 is 0 Å². The summed E-state index contributed by atoms with van der Waals surface area (Å²) in [6.07, 6.45) is 1.59. The fourth-order valence-electron chi connectivity index (χ4n) is 3.34. The highest BCUT2D eigenvalue weighted by Crippen LogP contribution is 2.28. The number of rotatable bonds is 5. The Balaban J connectivity index is 1.38.